The molecular weight excluding hydrogens is 699 g/mol. The number of allylic oxidation sites excluding steroid dienone is 3. The van der Waals surface area contributed by atoms with Gasteiger partial charge in [-0.2, -0.15) is 9.13 Å². The molecule has 2 aliphatic rings. The number of anilines is 1. The molecule has 0 fully saturated rings. The molecule has 9 heteroatoms. The highest BCUT2D eigenvalue weighted by molar-refractivity contribution is 7.19. The number of benzene rings is 3. The molecule has 0 saturated carbocycles. The molecule has 0 saturated heterocycles. The summed E-state index contributed by atoms with van der Waals surface area (Å²) in [6, 6.07) is 24.2. The Morgan fingerprint density at radius 2 is 1.42 bits per heavy atom. The second kappa shape index (κ2) is 13.4. The zero-order chi connectivity index (χ0) is 37.2. The Morgan fingerprint density at radius 1 is 0.830 bits per heavy atom. The molecule has 53 heavy (non-hydrogen) atoms. The van der Waals surface area contributed by atoms with Crippen LogP contribution in [0.25, 0.3) is 32.1 Å². The Bertz CT molecular complexity index is 2740. The van der Waals surface area contributed by atoms with E-state index < -0.39 is 16.3 Å². The van der Waals surface area contributed by atoms with Gasteiger partial charge < -0.3 is 15.1 Å². The van der Waals surface area contributed by atoms with Gasteiger partial charge in [0.1, 0.15) is 15.2 Å². The molecule has 0 radical (unpaired) electrons. The van der Waals surface area contributed by atoms with Crippen LogP contribution < -0.4 is 40.4 Å². The number of unbranched alkanes of at least 4 members (excludes halogenated alkanes) is 2. The minimum Gasteiger partial charge on any atom is -0.871 e. The second-order valence-corrected chi connectivity index (χ2v) is 16.5. The number of rotatable bonds is 10. The van der Waals surface area contributed by atoms with Crippen molar-refractivity contribution in [1.82, 2.24) is 0 Å². The minimum absolute atomic E-state index is 0.0280. The molecule has 3 heterocycles. The number of aryl methyl sites for hydroxylation is 2. The van der Waals surface area contributed by atoms with E-state index in [1.54, 1.807) is 23.5 Å². The lowest BCUT2D eigenvalue weighted by molar-refractivity contribution is -0.669. The van der Waals surface area contributed by atoms with E-state index in [-0.39, 0.29) is 38.7 Å². The predicted octanol–water partition coefficient (Wildman–Crippen LogP) is 5.67. The normalized spacial score (nSPS) is 16.0. The Morgan fingerprint density at radius 3 is 2.06 bits per heavy atom. The summed E-state index contributed by atoms with van der Waals surface area (Å²) in [7, 11) is 1.97. The number of aliphatic hydroxyl groups excluding tert-OH is 1. The number of hydrogen-bond donors (Lipinski definition) is 1. The average Bonchev–Trinajstić information content (AvgIpc) is 3.77. The number of likely N-dealkylation sites (N-methyl/N-ethyl adjacent to an activating group) is 1. The zero-order valence-corrected chi connectivity index (χ0v) is 32.3. The summed E-state index contributed by atoms with van der Waals surface area (Å²) in [6.07, 6.45) is 7.26. The fourth-order valence-electron chi connectivity index (χ4n) is 7.88. The van der Waals surface area contributed by atoms with E-state index in [1.807, 2.05) is 61.6 Å². The highest BCUT2D eigenvalue weighted by atomic mass is 32.1. The van der Waals surface area contributed by atoms with Gasteiger partial charge in [0.15, 0.2) is 13.1 Å². The molecule has 0 amide bonds. The van der Waals surface area contributed by atoms with E-state index >= 15 is 0 Å². The van der Waals surface area contributed by atoms with Gasteiger partial charge >= 0.3 is 0 Å². The lowest BCUT2D eigenvalue weighted by atomic mass is 9.80. The van der Waals surface area contributed by atoms with E-state index in [0.717, 1.165) is 74.6 Å². The van der Waals surface area contributed by atoms with Crippen molar-refractivity contribution in [2.24, 2.45) is 0 Å². The number of aliphatic hydroxyl groups is 1. The number of fused-ring (bicyclic) bond motifs is 3. The van der Waals surface area contributed by atoms with Crippen LogP contribution in [0.15, 0.2) is 117 Å². The molecule has 4 aromatic carbocycles. The summed E-state index contributed by atoms with van der Waals surface area (Å²) < 4.78 is 6.34. The molecule has 1 aliphatic carbocycles. The van der Waals surface area contributed by atoms with Crippen LogP contribution in [0.1, 0.15) is 69.0 Å². The fourth-order valence-corrected chi connectivity index (χ4v) is 10.3. The molecule has 6 aromatic rings. The first-order chi connectivity index (χ1) is 25.6. The van der Waals surface area contributed by atoms with E-state index in [0.29, 0.717) is 11.6 Å². The third kappa shape index (κ3) is 5.43. The van der Waals surface area contributed by atoms with Crippen LogP contribution in [0.2, 0.25) is 0 Å². The van der Waals surface area contributed by atoms with Gasteiger partial charge in [-0.1, -0.05) is 111 Å². The van der Waals surface area contributed by atoms with Gasteiger partial charge in [0.05, 0.1) is 16.0 Å². The van der Waals surface area contributed by atoms with Crippen LogP contribution in [0.3, 0.4) is 0 Å². The van der Waals surface area contributed by atoms with Gasteiger partial charge in [-0.05, 0) is 29.8 Å². The largest absolute Gasteiger partial charge is 0.871 e. The maximum Gasteiger partial charge on any atom is 0.271 e. The smallest absolute Gasteiger partial charge is 0.271 e. The quantitative estimate of drug-likeness (QED) is 0.183. The maximum atomic E-state index is 14.4. The minimum atomic E-state index is -0.412. The molecule has 0 bridgehead atoms. The Balaban J connectivity index is 1.35. The third-order valence-corrected chi connectivity index (χ3v) is 13.1. The van der Waals surface area contributed by atoms with Crippen molar-refractivity contribution in [3.05, 3.63) is 154 Å². The molecule has 0 atom stereocenters. The molecule has 2 aromatic heterocycles. The van der Waals surface area contributed by atoms with Gasteiger partial charge in [-0.3, -0.25) is 9.59 Å². The van der Waals surface area contributed by atoms with Crippen molar-refractivity contribution in [2.75, 3.05) is 11.9 Å². The second-order valence-electron chi connectivity index (χ2n) is 14.5. The number of para-hydroxylation sites is 3. The summed E-state index contributed by atoms with van der Waals surface area (Å²) in [5.41, 5.74) is 4.30. The summed E-state index contributed by atoms with van der Waals surface area (Å²) in [4.78, 5) is 30.8. The van der Waals surface area contributed by atoms with E-state index in [2.05, 4.69) is 59.9 Å². The maximum absolute atomic E-state index is 14.4. The van der Waals surface area contributed by atoms with Crippen molar-refractivity contribution in [2.45, 2.75) is 71.9 Å². The van der Waals surface area contributed by atoms with Gasteiger partial charge in [0.2, 0.25) is 21.9 Å². The Kier molecular flexibility index (Phi) is 8.82. The number of hydrogen-bond acceptors (Lipinski definition) is 7. The molecule has 7 nitrogen and oxygen atoms in total. The van der Waals surface area contributed by atoms with Crippen molar-refractivity contribution in [1.29, 1.82) is 0 Å². The first-order valence-electron chi connectivity index (χ1n) is 18.4. The van der Waals surface area contributed by atoms with Crippen LogP contribution >= 0.6 is 22.7 Å². The molecular formula is C44H42N3O4S2+. The third-order valence-electron chi connectivity index (χ3n) is 10.8. The molecule has 1 aliphatic heterocycles. The van der Waals surface area contributed by atoms with Crippen molar-refractivity contribution in [3.63, 3.8) is 0 Å². The van der Waals surface area contributed by atoms with Crippen LogP contribution in [0.5, 0.6) is 0 Å². The average molecular weight is 741 g/mol. The predicted molar refractivity (Wildman–Crippen MR) is 213 cm³/mol. The SMILES string of the molecule is CCCC[n+]1c(C=c2c(=O)c(=C(C3=C(O)C(C=C4N(C)c5ccccc5C4(C)C)=C3[O-])c3sc4ccccc4[n+]3CCCC)c2=O)sc2ccccc21. The Hall–Kier alpha value is -5.12. The van der Waals surface area contributed by atoms with Crippen molar-refractivity contribution in [3.8, 4) is 0 Å². The number of thiazole rings is 2. The lowest BCUT2D eigenvalue weighted by Gasteiger charge is -2.33. The Labute approximate surface area is 316 Å². The molecule has 0 unspecified atom stereocenters. The van der Waals surface area contributed by atoms with Gasteiger partial charge in [-0.15, -0.1) is 0 Å². The first-order valence-corrected chi connectivity index (χ1v) is 20.0. The van der Waals surface area contributed by atoms with Crippen LogP contribution in [0, 0.1) is 0 Å². The fraction of sp³-hybridized carbons (Fsp3) is 0.273. The van der Waals surface area contributed by atoms with Crippen LogP contribution in [-0.2, 0) is 18.5 Å². The highest BCUT2D eigenvalue weighted by Gasteiger charge is 2.40. The monoisotopic (exact) mass is 740 g/mol. The van der Waals surface area contributed by atoms with Crippen molar-refractivity contribution >= 4 is 60.4 Å². The van der Waals surface area contributed by atoms with Gasteiger partial charge in [-0.25, -0.2) is 0 Å². The zero-order valence-electron chi connectivity index (χ0n) is 30.7. The topological polar surface area (TPSA) is 88.4 Å². The molecule has 1 N–H and O–H groups in total. The van der Waals surface area contributed by atoms with Crippen LogP contribution in [0.4, 0.5) is 5.69 Å². The lowest BCUT2D eigenvalue weighted by Crippen LogP contribution is -2.66. The highest BCUT2D eigenvalue weighted by Crippen LogP contribution is 2.49. The van der Waals surface area contributed by atoms with Gasteiger partial charge in [0, 0.05) is 66.0 Å². The summed E-state index contributed by atoms with van der Waals surface area (Å²) in [5, 5.41) is 27.8. The van der Waals surface area contributed by atoms with E-state index in [4.69, 9.17) is 0 Å². The first kappa shape index (κ1) is 34.9. The standard InChI is InChI=1S/C44H41N3O4S2/c1-6-8-22-46-30-18-12-14-20-32(30)52-35(46)25-27-41(50)38(42(27)51)36(43-47(23-9-7-2)31-19-13-15-21-33(31)53-43)37-39(48)26(40(37)49)24-34-44(3,4)28-16-10-11-17-29(28)45(34)5/h10-21,24-25H,6-9,22-23H2,1-5H3/p+1. The molecule has 8 rings (SSSR count). The van der Waals surface area contributed by atoms with Gasteiger partial charge in [0.25, 0.3) is 10.0 Å². The van der Waals surface area contributed by atoms with E-state index in [1.165, 1.54) is 11.3 Å². The number of nitrogens with zero attached hydrogens (tertiary/aromatic N) is 3. The van der Waals surface area contributed by atoms with Crippen molar-refractivity contribution < 1.29 is 19.3 Å². The van der Waals surface area contributed by atoms with Crippen LogP contribution in [-0.4, -0.2) is 12.2 Å². The number of aromatic nitrogens is 2. The summed E-state index contributed by atoms with van der Waals surface area (Å²) in [5.74, 6) is -0.568. The molecule has 268 valence electrons. The molecule has 0 spiro atoms. The summed E-state index contributed by atoms with van der Waals surface area (Å²) in [6.45, 7) is 9.88. The van der Waals surface area contributed by atoms with E-state index in [9.17, 15) is 19.8 Å². The summed E-state index contributed by atoms with van der Waals surface area (Å²) >= 11 is 3.00.